The van der Waals surface area contributed by atoms with Gasteiger partial charge in [0.2, 0.25) is 5.91 Å². The molecule has 3 rings (SSSR count). The van der Waals surface area contributed by atoms with Gasteiger partial charge in [-0.05, 0) is 32.0 Å². The molecule has 0 spiro atoms. The number of anilines is 1. The van der Waals surface area contributed by atoms with E-state index in [-0.39, 0.29) is 18.3 Å². The predicted octanol–water partition coefficient (Wildman–Crippen LogP) is 2.28. The van der Waals surface area contributed by atoms with Gasteiger partial charge in [-0.1, -0.05) is 0 Å². The zero-order chi connectivity index (χ0) is 12.5. The Bertz CT molecular complexity index is 593. The van der Waals surface area contributed by atoms with Gasteiger partial charge in [0.15, 0.2) is 11.5 Å². The Morgan fingerprint density at radius 1 is 1.47 bits per heavy atom. The molecule has 1 aromatic carbocycles. The number of hydrogen-bond donors (Lipinski definition) is 2. The summed E-state index contributed by atoms with van der Waals surface area (Å²) in [7, 11) is 1.74. The van der Waals surface area contributed by atoms with Gasteiger partial charge in [-0.2, -0.15) is 0 Å². The summed E-state index contributed by atoms with van der Waals surface area (Å²) in [4.78, 5) is 15.9. The molecule has 1 fully saturated rings. The van der Waals surface area contributed by atoms with Crippen LogP contribution in [-0.4, -0.2) is 24.5 Å². The highest BCUT2D eigenvalue weighted by molar-refractivity contribution is 5.94. The molecule has 6 heteroatoms. The molecule has 5 nitrogen and oxygen atoms in total. The second-order valence-corrected chi connectivity index (χ2v) is 4.59. The quantitative estimate of drug-likeness (QED) is 0.902. The van der Waals surface area contributed by atoms with Crippen LogP contribution in [0.15, 0.2) is 22.6 Å². The molecule has 2 aromatic rings. The molecular formula is C13H16ClN3O2. The van der Waals surface area contributed by atoms with Crippen molar-refractivity contribution in [3.05, 3.63) is 24.1 Å². The van der Waals surface area contributed by atoms with E-state index in [2.05, 4.69) is 15.6 Å². The number of likely N-dealkylation sites (N-methyl/N-ethyl adjacent to an activating group) is 1. The lowest BCUT2D eigenvalue weighted by Crippen LogP contribution is -2.24. The van der Waals surface area contributed by atoms with Crippen molar-refractivity contribution < 1.29 is 9.21 Å². The fourth-order valence-electron chi connectivity index (χ4n) is 1.89. The first-order valence-electron chi connectivity index (χ1n) is 6.11. The minimum absolute atomic E-state index is 0. The van der Waals surface area contributed by atoms with Crippen molar-refractivity contribution in [2.75, 3.05) is 18.9 Å². The standard InChI is InChI=1S/C13H15N3O2.ClH/c1-14-7-12(17)15-9-4-5-10-11(6-9)18-13(16-10)8-2-3-8;/h4-6,8,14H,2-3,7H2,1H3,(H,15,17);1H. The molecule has 102 valence electrons. The third kappa shape index (κ3) is 3.05. The van der Waals surface area contributed by atoms with Gasteiger partial charge >= 0.3 is 0 Å². The largest absolute Gasteiger partial charge is 0.440 e. The fourth-order valence-corrected chi connectivity index (χ4v) is 1.89. The number of nitrogens with one attached hydrogen (secondary N) is 2. The molecule has 1 amide bonds. The van der Waals surface area contributed by atoms with Crippen LogP contribution in [-0.2, 0) is 4.79 Å². The number of oxazole rings is 1. The zero-order valence-electron chi connectivity index (χ0n) is 10.6. The lowest BCUT2D eigenvalue weighted by molar-refractivity contribution is -0.115. The van der Waals surface area contributed by atoms with Gasteiger partial charge in [0.1, 0.15) is 5.52 Å². The maximum atomic E-state index is 11.5. The number of aromatic nitrogens is 1. The molecule has 1 saturated carbocycles. The lowest BCUT2D eigenvalue weighted by Gasteiger charge is -2.03. The maximum absolute atomic E-state index is 11.5. The number of amides is 1. The van der Waals surface area contributed by atoms with E-state index < -0.39 is 0 Å². The molecule has 0 unspecified atom stereocenters. The van der Waals surface area contributed by atoms with E-state index in [4.69, 9.17) is 4.42 Å². The number of carbonyl (C=O) groups excluding carboxylic acids is 1. The average Bonchev–Trinajstić information content (AvgIpc) is 3.10. The molecule has 2 N–H and O–H groups in total. The van der Waals surface area contributed by atoms with Crippen molar-refractivity contribution in [3.63, 3.8) is 0 Å². The Kier molecular flexibility index (Phi) is 4.07. The third-order valence-electron chi connectivity index (χ3n) is 2.95. The SMILES string of the molecule is CNCC(=O)Nc1ccc2nc(C3CC3)oc2c1.Cl. The second-order valence-electron chi connectivity index (χ2n) is 4.59. The number of nitrogens with zero attached hydrogens (tertiary/aromatic N) is 1. The Balaban J connectivity index is 0.00000133. The van der Waals surface area contributed by atoms with Gasteiger partial charge in [0.25, 0.3) is 0 Å². The van der Waals surface area contributed by atoms with E-state index in [1.165, 1.54) is 12.8 Å². The Morgan fingerprint density at radius 2 is 2.26 bits per heavy atom. The van der Waals surface area contributed by atoms with E-state index in [1.54, 1.807) is 7.05 Å². The molecule has 0 aliphatic heterocycles. The number of hydrogen-bond acceptors (Lipinski definition) is 4. The van der Waals surface area contributed by atoms with E-state index in [0.717, 1.165) is 22.7 Å². The smallest absolute Gasteiger partial charge is 0.238 e. The van der Waals surface area contributed by atoms with E-state index in [1.807, 2.05) is 18.2 Å². The minimum Gasteiger partial charge on any atom is -0.440 e. The van der Waals surface area contributed by atoms with E-state index in [0.29, 0.717) is 12.5 Å². The topological polar surface area (TPSA) is 67.2 Å². The Labute approximate surface area is 117 Å². The fraction of sp³-hybridized carbons (Fsp3) is 0.385. The first kappa shape index (κ1) is 13.8. The second kappa shape index (κ2) is 5.59. The molecular weight excluding hydrogens is 266 g/mol. The monoisotopic (exact) mass is 281 g/mol. The van der Waals surface area contributed by atoms with Crippen molar-refractivity contribution in [2.24, 2.45) is 0 Å². The van der Waals surface area contributed by atoms with Gasteiger partial charge in [-0.15, -0.1) is 12.4 Å². The lowest BCUT2D eigenvalue weighted by atomic mass is 10.3. The molecule has 1 aliphatic rings. The molecule has 1 aromatic heterocycles. The third-order valence-corrected chi connectivity index (χ3v) is 2.95. The van der Waals surface area contributed by atoms with Crippen LogP contribution in [0.25, 0.3) is 11.1 Å². The molecule has 1 heterocycles. The van der Waals surface area contributed by atoms with Crippen molar-refractivity contribution in [2.45, 2.75) is 18.8 Å². The Hall–Kier alpha value is -1.59. The van der Waals surface area contributed by atoms with Gasteiger partial charge in [0.05, 0.1) is 6.54 Å². The van der Waals surface area contributed by atoms with Crippen LogP contribution >= 0.6 is 12.4 Å². The maximum Gasteiger partial charge on any atom is 0.238 e. The van der Waals surface area contributed by atoms with Crippen molar-refractivity contribution in [1.29, 1.82) is 0 Å². The summed E-state index contributed by atoms with van der Waals surface area (Å²) in [6.07, 6.45) is 2.33. The van der Waals surface area contributed by atoms with Crippen molar-refractivity contribution in [3.8, 4) is 0 Å². The number of fused-ring (bicyclic) bond motifs is 1. The number of benzene rings is 1. The molecule has 19 heavy (non-hydrogen) atoms. The average molecular weight is 282 g/mol. The van der Waals surface area contributed by atoms with Gasteiger partial charge in [-0.25, -0.2) is 4.98 Å². The van der Waals surface area contributed by atoms with Crippen LogP contribution < -0.4 is 10.6 Å². The molecule has 0 bridgehead atoms. The van der Waals surface area contributed by atoms with E-state index >= 15 is 0 Å². The van der Waals surface area contributed by atoms with Crippen molar-refractivity contribution >= 4 is 35.1 Å². The zero-order valence-corrected chi connectivity index (χ0v) is 11.4. The minimum atomic E-state index is -0.0706. The van der Waals surface area contributed by atoms with Gasteiger partial charge in [-0.3, -0.25) is 4.79 Å². The highest BCUT2D eigenvalue weighted by atomic mass is 35.5. The van der Waals surface area contributed by atoms with Crippen LogP contribution in [0.3, 0.4) is 0 Å². The van der Waals surface area contributed by atoms with E-state index in [9.17, 15) is 4.79 Å². The summed E-state index contributed by atoms with van der Waals surface area (Å²) in [5, 5.41) is 5.60. The van der Waals surface area contributed by atoms with Crippen molar-refractivity contribution in [1.82, 2.24) is 10.3 Å². The normalized spacial score (nSPS) is 14.2. The highest BCUT2D eigenvalue weighted by Gasteiger charge is 2.28. The number of halogens is 1. The summed E-state index contributed by atoms with van der Waals surface area (Å²) in [6, 6.07) is 5.54. The molecule has 0 atom stereocenters. The summed E-state index contributed by atoms with van der Waals surface area (Å²) in [6.45, 7) is 0.293. The van der Waals surface area contributed by atoms with Crippen LogP contribution in [0.4, 0.5) is 5.69 Å². The molecule has 1 aliphatic carbocycles. The highest BCUT2D eigenvalue weighted by Crippen LogP contribution is 2.40. The molecule has 0 saturated heterocycles. The summed E-state index contributed by atoms with van der Waals surface area (Å²) >= 11 is 0. The van der Waals surface area contributed by atoms with Crippen LogP contribution in [0, 0.1) is 0 Å². The van der Waals surface area contributed by atoms with Crippen LogP contribution in [0.5, 0.6) is 0 Å². The molecule has 0 radical (unpaired) electrons. The number of rotatable bonds is 4. The van der Waals surface area contributed by atoms with Crippen LogP contribution in [0.2, 0.25) is 0 Å². The summed E-state index contributed by atoms with van der Waals surface area (Å²) in [5.41, 5.74) is 2.32. The van der Waals surface area contributed by atoms with Crippen LogP contribution in [0.1, 0.15) is 24.7 Å². The first-order chi connectivity index (χ1) is 8.76. The predicted molar refractivity (Wildman–Crippen MR) is 75.8 cm³/mol. The Morgan fingerprint density at radius 3 is 2.95 bits per heavy atom. The van der Waals surface area contributed by atoms with Gasteiger partial charge in [0, 0.05) is 17.7 Å². The summed E-state index contributed by atoms with van der Waals surface area (Å²) in [5.74, 6) is 1.25. The number of carbonyl (C=O) groups is 1. The first-order valence-corrected chi connectivity index (χ1v) is 6.11. The van der Waals surface area contributed by atoms with Gasteiger partial charge < -0.3 is 15.1 Å². The summed E-state index contributed by atoms with van der Waals surface area (Å²) < 4.78 is 5.70.